The second kappa shape index (κ2) is 9.96. The summed E-state index contributed by atoms with van der Waals surface area (Å²) >= 11 is 0. The molecule has 1 aromatic rings. The Morgan fingerprint density at radius 1 is 1.06 bits per heavy atom. The van der Waals surface area contributed by atoms with Crippen LogP contribution in [0.3, 0.4) is 0 Å². The number of rotatable bonds is 6. The van der Waals surface area contributed by atoms with Gasteiger partial charge < -0.3 is 15.0 Å². The Bertz CT molecular complexity index is 875. The molecule has 2 aliphatic rings. The Kier molecular flexibility index (Phi) is 7.72. The van der Waals surface area contributed by atoms with E-state index in [9.17, 15) is 26.4 Å². The number of benzene rings is 1. The van der Waals surface area contributed by atoms with E-state index in [-0.39, 0.29) is 24.0 Å². The third-order valence-corrected chi connectivity index (χ3v) is 7.12. The van der Waals surface area contributed by atoms with Crippen LogP contribution in [0.15, 0.2) is 24.3 Å². The van der Waals surface area contributed by atoms with E-state index in [4.69, 9.17) is 4.74 Å². The summed E-state index contributed by atoms with van der Waals surface area (Å²) in [6.45, 7) is 5.67. The summed E-state index contributed by atoms with van der Waals surface area (Å²) in [6.07, 6.45) is -3.03. The van der Waals surface area contributed by atoms with E-state index in [0.29, 0.717) is 31.4 Å². The zero-order chi connectivity index (χ0) is 23.5. The van der Waals surface area contributed by atoms with Gasteiger partial charge in [-0.05, 0) is 63.8 Å². The van der Waals surface area contributed by atoms with Crippen molar-refractivity contribution >= 4 is 27.3 Å². The normalized spacial score (nSPS) is 27.2. The van der Waals surface area contributed by atoms with E-state index >= 15 is 0 Å². The minimum Gasteiger partial charge on any atom is -0.372 e. The molecule has 1 aliphatic carbocycles. The number of morpholine rings is 1. The van der Waals surface area contributed by atoms with Gasteiger partial charge in [0.25, 0.3) is 0 Å². The molecular formula is C21H30F3N3O4S. The fourth-order valence-corrected chi connectivity index (χ4v) is 5.63. The van der Waals surface area contributed by atoms with Crippen molar-refractivity contribution in [2.45, 2.75) is 64.0 Å². The Labute approximate surface area is 186 Å². The van der Waals surface area contributed by atoms with E-state index in [1.807, 2.05) is 38.1 Å². The maximum absolute atomic E-state index is 12.6. The van der Waals surface area contributed by atoms with Gasteiger partial charge in [0.1, 0.15) is 0 Å². The van der Waals surface area contributed by atoms with Gasteiger partial charge in [0.05, 0.1) is 12.2 Å². The van der Waals surface area contributed by atoms with Gasteiger partial charge in [0.2, 0.25) is 15.9 Å². The van der Waals surface area contributed by atoms with Crippen molar-refractivity contribution in [1.29, 1.82) is 0 Å². The highest BCUT2D eigenvalue weighted by Gasteiger charge is 2.37. The number of hydrogen-bond acceptors (Lipinski definition) is 5. The Hall–Kier alpha value is -1.85. The summed E-state index contributed by atoms with van der Waals surface area (Å²) in [6, 6.07) is 7.01. The molecule has 1 amide bonds. The third kappa shape index (κ3) is 7.35. The average Bonchev–Trinajstić information content (AvgIpc) is 2.66. The number of anilines is 2. The van der Waals surface area contributed by atoms with Crippen molar-refractivity contribution in [3.05, 3.63) is 24.3 Å². The summed E-state index contributed by atoms with van der Waals surface area (Å²) in [4.78, 5) is 14.8. The highest BCUT2D eigenvalue weighted by atomic mass is 32.2. The van der Waals surface area contributed by atoms with Crippen LogP contribution < -0.4 is 14.9 Å². The van der Waals surface area contributed by atoms with Crippen LogP contribution in [-0.4, -0.2) is 57.6 Å². The lowest BCUT2D eigenvalue weighted by atomic mass is 9.86. The molecule has 0 radical (unpaired) electrons. The minimum atomic E-state index is -4.78. The van der Waals surface area contributed by atoms with Crippen LogP contribution in [0.25, 0.3) is 0 Å². The summed E-state index contributed by atoms with van der Waals surface area (Å²) < 4.78 is 68.2. The fraction of sp³-hybridized carbons (Fsp3) is 0.667. The van der Waals surface area contributed by atoms with Crippen molar-refractivity contribution in [2.24, 2.45) is 5.92 Å². The first-order chi connectivity index (χ1) is 14.9. The lowest BCUT2D eigenvalue weighted by Gasteiger charge is -2.36. The summed E-state index contributed by atoms with van der Waals surface area (Å²) in [5.74, 6) is -2.36. The van der Waals surface area contributed by atoms with Gasteiger partial charge >= 0.3 is 6.18 Å². The molecule has 11 heteroatoms. The minimum absolute atomic E-state index is 0.145. The van der Waals surface area contributed by atoms with Crippen LogP contribution in [0.2, 0.25) is 0 Å². The molecule has 2 atom stereocenters. The Morgan fingerprint density at radius 2 is 1.62 bits per heavy atom. The molecule has 0 bridgehead atoms. The van der Waals surface area contributed by atoms with Crippen molar-refractivity contribution in [2.75, 3.05) is 29.1 Å². The second-order valence-corrected chi connectivity index (χ2v) is 10.5. The van der Waals surface area contributed by atoms with Gasteiger partial charge in [-0.3, -0.25) is 4.79 Å². The van der Waals surface area contributed by atoms with Crippen molar-refractivity contribution in [1.82, 2.24) is 4.72 Å². The first kappa shape index (κ1) is 24.8. The van der Waals surface area contributed by atoms with Crippen molar-refractivity contribution < 1.29 is 31.1 Å². The van der Waals surface area contributed by atoms with Gasteiger partial charge in [-0.1, -0.05) is 0 Å². The molecule has 2 fully saturated rings. The van der Waals surface area contributed by atoms with Crippen LogP contribution in [0.1, 0.15) is 39.5 Å². The molecule has 7 nitrogen and oxygen atoms in total. The summed E-state index contributed by atoms with van der Waals surface area (Å²) in [7, 11) is -4.43. The molecule has 1 aliphatic heterocycles. The zero-order valence-corrected chi connectivity index (χ0v) is 19.0. The number of nitrogens with one attached hydrogen (secondary N) is 2. The SMILES string of the molecule is C[C@@H]1CN(c2ccc(NC(=O)[C@H]3CC[C@H](NS(=O)(=O)CC(F)(F)F)CC3)cc2)C[C@H](C)O1. The number of ether oxygens (including phenoxy) is 1. The number of amides is 1. The molecule has 1 aromatic carbocycles. The fourth-order valence-electron chi connectivity index (χ4n) is 4.37. The van der Waals surface area contributed by atoms with Gasteiger partial charge in [-0.15, -0.1) is 0 Å². The smallest absolute Gasteiger partial charge is 0.372 e. The molecule has 3 rings (SSSR count). The highest BCUT2D eigenvalue weighted by molar-refractivity contribution is 7.89. The van der Waals surface area contributed by atoms with Crippen LogP contribution in [0, 0.1) is 5.92 Å². The van der Waals surface area contributed by atoms with E-state index in [0.717, 1.165) is 18.8 Å². The summed E-state index contributed by atoms with van der Waals surface area (Å²) in [5, 5.41) is 2.88. The standard InChI is InChI=1S/C21H30F3N3O4S/c1-14-11-27(12-15(2)31-14)19-9-7-17(8-10-19)25-20(28)16-3-5-18(6-4-16)26-32(29,30)13-21(22,23)24/h7-10,14-16,18,26H,3-6,11-13H2,1-2H3,(H,25,28)/t14-,15+,16-,18-. The topological polar surface area (TPSA) is 87.7 Å². The maximum Gasteiger partial charge on any atom is 0.404 e. The zero-order valence-electron chi connectivity index (χ0n) is 18.2. The number of nitrogens with zero attached hydrogens (tertiary/aromatic N) is 1. The largest absolute Gasteiger partial charge is 0.404 e. The molecule has 32 heavy (non-hydrogen) atoms. The van der Waals surface area contributed by atoms with Gasteiger partial charge in [0, 0.05) is 36.4 Å². The van der Waals surface area contributed by atoms with E-state index in [1.54, 1.807) is 0 Å². The number of hydrogen-bond donors (Lipinski definition) is 2. The number of alkyl halides is 3. The lowest BCUT2D eigenvalue weighted by Crippen LogP contribution is -2.45. The molecule has 0 spiro atoms. The van der Waals surface area contributed by atoms with E-state index < -0.39 is 28.0 Å². The summed E-state index contributed by atoms with van der Waals surface area (Å²) in [5.41, 5.74) is 1.72. The van der Waals surface area contributed by atoms with Crippen LogP contribution in [0.5, 0.6) is 0 Å². The number of carbonyl (C=O) groups is 1. The number of halogens is 3. The van der Waals surface area contributed by atoms with Crippen LogP contribution >= 0.6 is 0 Å². The molecule has 0 unspecified atom stereocenters. The molecule has 0 aromatic heterocycles. The van der Waals surface area contributed by atoms with E-state index in [2.05, 4.69) is 14.9 Å². The van der Waals surface area contributed by atoms with Crippen LogP contribution in [-0.2, 0) is 19.6 Å². The van der Waals surface area contributed by atoms with Crippen LogP contribution in [0.4, 0.5) is 24.5 Å². The predicted octanol–water partition coefficient (Wildman–Crippen LogP) is 3.28. The van der Waals surface area contributed by atoms with Crippen molar-refractivity contribution in [3.63, 3.8) is 0 Å². The van der Waals surface area contributed by atoms with Gasteiger partial charge in [-0.2, -0.15) is 13.2 Å². The predicted molar refractivity (Wildman–Crippen MR) is 116 cm³/mol. The van der Waals surface area contributed by atoms with Crippen molar-refractivity contribution in [3.8, 4) is 0 Å². The Balaban J connectivity index is 1.48. The maximum atomic E-state index is 12.6. The molecular weight excluding hydrogens is 447 g/mol. The van der Waals surface area contributed by atoms with E-state index in [1.165, 1.54) is 0 Å². The Morgan fingerprint density at radius 3 is 2.16 bits per heavy atom. The van der Waals surface area contributed by atoms with Gasteiger partial charge in [-0.25, -0.2) is 13.1 Å². The number of carbonyl (C=O) groups excluding carboxylic acids is 1. The number of sulfonamides is 1. The lowest BCUT2D eigenvalue weighted by molar-refractivity contribution is -0.120. The quantitative estimate of drug-likeness (QED) is 0.657. The second-order valence-electron chi connectivity index (χ2n) is 8.74. The first-order valence-corrected chi connectivity index (χ1v) is 12.4. The average molecular weight is 478 g/mol. The molecule has 1 saturated heterocycles. The monoisotopic (exact) mass is 477 g/mol. The highest BCUT2D eigenvalue weighted by Crippen LogP contribution is 2.28. The molecule has 1 saturated carbocycles. The third-order valence-electron chi connectivity index (χ3n) is 5.72. The van der Waals surface area contributed by atoms with Gasteiger partial charge in [0.15, 0.2) is 5.75 Å². The molecule has 1 heterocycles. The molecule has 2 N–H and O–H groups in total. The first-order valence-electron chi connectivity index (χ1n) is 10.8. The molecule has 180 valence electrons.